The first-order valence-corrected chi connectivity index (χ1v) is 9.88. The number of amides is 1. The number of aromatic amines is 1. The lowest BCUT2D eigenvalue weighted by Crippen LogP contribution is -2.31. The second-order valence-electron chi connectivity index (χ2n) is 7.64. The van der Waals surface area contributed by atoms with Crippen LogP contribution in [-0.2, 0) is 0 Å². The number of nitrogens with one attached hydrogen (secondary N) is 1. The Bertz CT molecular complexity index is 1350. The minimum absolute atomic E-state index is 0. The van der Waals surface area contributed by atoms with E-state index >= 15 is 0 Å². The number of hydrogen-bond acceptors (Lipinski definition) is 5. The molecule has 0 aliphatic carbocycles. The molecular formula is C22H20ClFN6O2. The normalized spacial score (nSPS) is 15.7. The van der Waals surface area contributed by atoms with Crippen molar-refractivity contribution in [3.63, 3.8) is 0 Å². The maximum atomic E-state index is 13.5. The van der Waals surface area contributed by atoms with Crippen molar-refractivity contribution in [1.82, 2.24) is 24.9 Å². The molecule has 3 heterocycles. The molecular weight excluding hydrogens is 435 g/mol. The summed E-state index contributed by atoms with van der Waals surface area (Å²) < 4.78 is 15.1. The van der Waals surface area contributed by atoms with E-state index in [0.29, 0.717) is 46.5 Å². The molecule has 1 unspecified atom stereocenters. The number of carbonyl (C=O) groups is 1. The number of benzene rings is 2. The molecule has 2 aromatic heterocycles. The number of pyridine rings is 1. The molecule has 10 heteroatoms. The van der Waals surface area contributed by atoms with E-state index < -0.39 is 0 Å². The molecule has 2 aromatic carbocycles. The second-order valence-corrected chi connectivity index (χ2v) is 7.64. The summed E-state index contributed by atoms with van der Waals surface area (Å²) in [5, 5.41) is 8.75. The SMILES string of the molecule is Cl.NC1CCN(C(=O)c2ccc(-n3cc(-c4cc5cc(F)ccc5[nH]c4=O)nn3)cc2)C1. The fourth-order valence-corrected chi connectivity index (χ4v) is 3.79. The summed E-state index contributed by atoms with van der Waals surface area (Å²) in [5.41, 5.74) is 8.01. The Morgan fingerprint density at radius 2 is 1.94 bits per heavy atom. The van der Waals surface area contributed by atoms with Crippen LogP contribution in [0.1, 0.15) is 16.8 Å². The van der Waals surface area contributed by atoms with Crippen LogP contribution in [0.5, 0.6) is 0 Å². The van der Waals surface area contributed by atoms with Crippen molar-refractivity contribution >= 4 is 29.2 Å². The van der Waals surface area contributed by atoms with Crippen molar-refractivity contribution in [2.75, 3.05) is 13.1 Å². The van der Waals surface area contributed by atoms with Crippen molar-refractivity contribution < 1.29 is 9.18 Å². The van der Waals surface area contributed by atoms with E-state index in [1.54, 1.807) is 41.4 Å². The minimum atomic E-state index is -0.389. The number of hydrogen-bond donors (Lipinski definition) is 2. The molecule has 8 nitrogen and oxygen atoms in total. The monoisotopic (exact) mass is 454 g/mol. The van der Waals surface area contributed by atoms with Crippen LogP contribution in [0.15, 0.2) is 59.5 Å². The molecule has 1 saturated heterocycles. The smallest absolute Gasteiger partial charge is 0.258 e. The molecule has 4 aromatic rings. The number of carbonyl (C=O) groups excluding carboxylic acids is 1. The summed E-state index contributed by atoms with van der Waals surface area (Å²) in [7, 11) is 0. The third kappa shape index (κ3) is 4.00. The fraction of sp³-hybridized carbons (Fsp3) is 0.182. The Morgan fingerprint density at radius 3 is 2.66 bits per heavy atom. The van der Waals surface area contributed by atoms with Gasteiger partial charge in [-0.1, -0.05) is 5.21 Å². The average molecular weight is 455 g/mol. The van der Waals surface area contributed by atoms with E-state index in [4.69, 9.17) is 5.73 Å². The first-order chi connectivity index (χ1) is 15.0. The van der Waals surface area contributed by atoms with Crippen molar-refractivity contribution in [2.45, 2.75) is 12.5 Å². The van der Waals surface area contributed by atoms with Crippen LogP contribution in [-0.4, -0.2) is 49.9 Å². The molecule has 3 N–H and O–H groups in total. The maximum Gasteiger partial charge on any atom is 0.258 e. The zero-order chi connectivity index (χ0) is 21.5. The number of H-pyrrole nitrogens is 1. The highest BCUT2D eigenvalue weighted by Gasteiger charge is 2.24. The topological polar surface area (TPSA) is 110 Å². The Balaban J connectivity index is 0.00000245. The lowest BCUT2D eigenvalue weighted by atomic mass is 10.1. The molecule has 0 spiro atoms. The fourth-order valence-electron chi connectivity index (χ4n) is 3.79. The van der Waals surface area contributed by atoms with Crippen molar-refractivity contribution in [2.24, 2.45) is 5.73 Å². The van der Waals surface area contributed by atoms with Gasteiger partial charge in [0.25, 0.3) is 11.5 Å². The second kappa shape index (κ2) is 8.52. The highest BCUT2D eigenvalue weighted by atomic mass is 35.5. The Morgan fingerprint density at radius 1 is 1.16 bits per heavy atom. The van der Waals surface area contributed by atoms with Crippen molar-refractivity contribution in [3.8, 4) is 16.9 Å². The zero-order valence-corrected chi connectivity index (χ0v) is 17.7. The van der Waals surface area contributed by atoms with Crippen LogP contribution in [0.4, 0.5) is 4.39 Å². The van der Waals surface area contributed by atoms with Gasteiger partial charge >= 0.3 is 0 Å². The van der Waals surface area contributed by atoms with E-state index in [9.17, 15) is 14.0 Å². The molecule has 1 aliphatic rings. The highest BCUT2D eigenvalue weighted by molar-refractivity contribution is 5.94. The summed E-state index contributed by atoms with van der Waals surface area (Å²) in [6.07, 6.45) is 2.43. The predicted octanol–water partition coefficient (Wildman–Crippen LogP) is 2.51. The van der Waals surface area contributed by atoms with E-state index in [-0.39, 0.29) is 35.7 Å². The Kier molecular flexibility index (Phi) is 5.77. The maximum absolute atomic E-state index is 13.5. The van der Waals surface area contributed by atoms with Gasteiger partial charge in [0, 0.05) is 35.6 Å². The van der Waals surface area contributed by atoms with Crippen molar-refractivity contribution in [1.29, 1.82) is 0 Å². The van der Waals surface area contributed by atoms with Gasteiger partial charge in [0.1, 0.15) is 11.5 Å². The third-order valence-corrected chi connectivity index (χ3v) is 5.47. The standard InChI is InChI=1S/C22H19FN6O2.ClH/c23-15-3-6-19-14(9-15)10-18(21(30)25-19)20-12-29(27-26-20)17-4-1-13(2-5-17)22(31)28-8-7-16(24)11-28;/h1-6,9-10,12,16H,7-8,11,24H2,(H,25,30);1H. The number of rotatable bonds is 3. The van der Waals surface area contributed by atoms with E-state index in [2.05, 4.69) is 15.3 Å². The number of nitrogens with zero attached hydrogens (tertiary/aromatic N) is 4. The first kappa shape index (κ1) is 21.7. The number of aromatic nitrogens is 4. The van der Waals surface area contributed by atoms with Crippen LogP contribution < -0.4 is 11.3 Å². The summed E-state index contributed by atoms with van der Waals surface area (Å²) in [5.74, 6) is -0.437. The third-order valence-electron chi connectivity index (χ3n) is 5.47. The van der Waals surface area contributed by atoms with Crippen LogP contribution in [0.2, 0.25) is 0 Å². The molecule has 32 heavy (non-hydrogen) atoms. The van der Waals surface area contributed by atoms with Crippen LogP contribution in [0, 0.1) is 5.82 Å². The Labute approximate surface area is 188 Å². The number of nitrogens with two attached hydrogens (primary N) is 1. The van der Waals surface area contributed by atoms with Gasteiger partial charge in [0.15, 0.2) is 0 Å². The predicted molar refractivity (Wildman–Crippen MR) is 121 cm³/mol. The van der Waals surface area contributed by atoms with Crippen molar-refractivity contribution in [3.05, 3.63) is 76.5 Å². The summed E-state index contributed by atoms with van der Waals surface area (Å²) >= 11 is 0. The van der Waals surface area contributed by atoms with Crippen LogP contribution in [0.25, 0.3) is 27.8 Å². The van der Waals surface area contributed by atoms with Gasteiger partial charge in [-0.2, -0.15) is 0 Å². The van der Waals surface area contributed by atoms with Gasteiger partial charge in [-0.3, -0.25) is 9.59 Å². The lowest BCUT2D eigenvalue weighted by Gasteiger charge is -2.15. The van der Waals surface area contributed by atoms with E-state index in [1.165, 1.54) is 22.9 Å². The van der Waals surface area contributed by atoms with Gasteiger partial charge in [0.05, 0.1) is 17.4 Å². The van der Waals surface area contributed by atoms with Crippen LogP contribution >= 0.6 is 12.4 Å². The summed E-state index contributed by atoms with van der Waals surface area (Å²) in [6, 6.07) is 12.8. The van der Waals surface area contributed by atoms with Gasteiger partial charge in [-0.15, -0.1) is 17.5 Å². The molecule has 164 valence electrons. The van der Waals surface area contributed by atoms with Crippen LogP contribution in [0.3, 0.4) is 0 Å². The highest BCUT2D eigenvalue weighted by Crippen LogP contribution is 2.20. The van der Waals surface area contributed by atoms with Gasteiger partial charge in [-0.05, 0) is 55.0 Å². The largest absolute Gasteiger partial charge is 0.337 e. The molecule has 0 bridgehead atoms. The van der Waals surface area contributed by atoms with E-state index in [0.717, 1.165) is 6.42 Å². The van der Waals surface area contributed by atoms with Gasteiger partial charge in [-0.25, -0.2) is 9.07 Å². The molecule has 0 radical (unpaired) electrons. The molecule has 0 saturated carbocycles. The molecule has 5 rings (SSSR count). The zero-order valence-electron chi connectivity index (χ0n) is 16.9. The molecule has 1 aliphatic heterocycles. The number of likely N-dealkylation sites (tertiary alicyclic amines) is 1. The average Bonchev–Trinajstić information content (AvgIpc) is 3.43. The Hall–Kier alpha value is -3.56. The number of halogens is 2. The van der Waals surface area contributed by atoms with E-state index in [1.807, 2.05) is 0 Å². The van der Waals surface area contributed by atoms with Gasteiger partial charge < -0.3 is 15.6 Å². The minimum Gasteiger partial charge on any atom is -0.337 e. The molecule has 1 atom stereocenters. The molecule has 1 fully saturated rings. The quantitative estimate of drug-likeness (QED) is 0.494. The summed E-state index contributed by atoms with van der Waals surface area (Å²) in [4.78, 5) is 29.5. The lowest BCUT2D eigenvalue weighted by molar-refractivity contribution is 0.0791. The first-order valence-electron chi connectivity index (χ1n) is 9.88. The summed E-state index contributed by atoms with van der Waals surface area (Å²) in [6.45, 7) is 1.23. The van der Waals surface area contributed by atoms with Gasteiger partial charge in [0.2, 0.25) is 0 Å². The molecule has 1 amide bonds. The number of fused-ring (bicyclic) bond motifs is 1.